The molecule has 0 aliphatic carbocycles. The van der Waals surface area contributed by atoms with Crippen molar-refractivity contribution in [2.45, 2.75) is 65.5 Å². The SMILES string of the molecule is CCC(=O)N1CCCN(C(C)C)CCCN(C(=O)CCc2ccc(OC)c(OC)c2OC)Cc2cc(F)c(F)cc21. The lowest BCUT2D eigenvalue weighted by atomic mass is 10.1. The molecule has 0 saturated carbocycles. The Hall–Kier alpha value is -3.40. The first-order valence-corrected chi connectivity index (χ1v) is 14.2. The van der Waals surface area contributed by atoms with Gasteiger partial charge in [-0.15, -0.1) is 0 Å². The number of aryl methyl sites for hydroxylation is 1. The lowest BCUT2D eigenvalue weighted by Gasteiger charge is -2.33. The summed E-state index contributed by atoms with van der Waals surface area (Å²) < 4.78 is 45.4. The molecule has 2 aromatic rings. The van der Waals surface area contributed by atoms with Crippen molar-refractivity contribution in [3.8, 4) is 17.2 Å². The first kappa shape index (κ1) is 32.1. The minimum Gasteiger partial charge on any atom is -0.493 e. The number of amides is 2. The van der Waals surface area contributed by atoms with Crippen molar-refractivity contribution in [1.29, 1.82) is 0 Å². The second-order valence-corrected chi connectivity index (χ2v) is 10.4. The molecule has 0 unspecified atom stereocenters. The van der Waals surface area contributed by atoms with Crippen molar-refractivity contribution < 1.29 is 32.6 Å². The minimum atomic E-state index is -1.02. The zero-order valence-corrected chi connectivity index (χ0v) is 25.1. The molecule has 1 heterocycles. The van der Waals surface area contributed by atoms with Crippen LogP contribution in [-0.2, 0) is 22.6 Å². The normalized spacial score (nSPS) is 15.1. The predicted octanol–water partition coefficient (Wildman–Crippen LogP) is 5.20. The van der Waals surface area contributed by atoms with Gasteiger partial charge in [0.05, 0.1) is 27.0 Å². The summed E-state index contributed by atoms with van der Waals surface area (Å²) in [5.74, 6) is -0.873. The van der Waals surface area contributed by atoms with Gasteiger partial charge < -0.3 is 28.9 Å². The van der Waals surface area contributed by atoms with E-state index in [0.717, 1.165) is 37.2 Å². The fraction of sp³-hybridized carbons (Fsp3) is 0.548. The van der Waals surface area contributed by atoms with Crippen LogP contribution < -0.4 is 19.1 Å². The van der Waals surface area contributed by atoms with Crippen molar-refractivity contribution in [3.63, 3.8) is 0 Å². The highest BCUT2D eigenvalue weighted by Crippen LogP contribution is 2.40. The largest absolute Gasteiger partial charge is 0.493 e. The third-order valence-corrected chi connectivity index (χ3v) is 7.55. The standard InChI is InChI=1S/C31H43F2N3O5/c1-7-28(37)36-17-9-15-34(21(2)3)14-8-16-35(20-23-18-24(32)25(33)19-26(23)36)29(38)13-11-22-10-12-27(39-4)31(41-6)30(22)40-5/h10,12,18-19,21H,7-9,11,13-17,20H2,1-6H3. The molecular weight excluding hydrogens is 532 g/mol. The molecule has 1 aliphatic heterocycles. The number of nitrogens with zero attached hydrogens (tertiary/aromatic N) is 3. The maximum atomic E-state index is 14.5. The number of ether oxygens (including phenoxy) is 3. The van der Waals surface area contributed by atoms with Crippen LogP contribution in [0.15, 0.2) is 24.3 Å². The Morgan fingerprint density at radius 3 is 2.15 bits per heavy atom. The van der Waals surface area contributed by atoms with Crippen LogP contribution in [0.3, 0.4) is 0 Å². The summed E-state index contributed by atoms with van der Waals surface area (Å²) in [6, 6.07) is 6.09. The molecule has 41 heavy (non-hydrogen) atoms. The van der Waals surface area contributed by atoms with Crippen molar-refractivity contribution in [3.05, 3.63) is 47.0 Å². The molecule has 8 nitrogen and oxygen atoms in total. The van der Waals surface area contributed by atoms with Crippen LogP contribution in [-0.4, -0.2) is 75.2 Å². The molecule has 0 saturated heterocycles. The maximum Gasteiger partial charge on any atom is 0.226 e. The highest BCUT2D eigenvalue weighted by Gasteiger charge is 2.25. The van der Waals surface area contributed by atoms with Crippen molar-refractivity contribution >= 4 is 17.5 Å². The average molecular weight is 576 g/mol. The van der Waals surface area contributed by atoms with E-state index in [4.69, 9.17) is 14.2 Å². The Balaban J connectivity index is 1.95. The lowest BCUT2D eigenvalue weighted by molar-refractivity contribution is -0.131. The summed E-state index contributed by atoms with van der Waals surface area (Å²) in [5, 5.41) is 0. The van der Waals surface area contributed by atoms with Crippen LogP contribution in [0.4, 0.5) is 14.5 Å². The van der Waals surface area contributed by atoms with Crippen molar-refractivity contribution in [1.82, 2.24) is 9.80 Å². The van der Waals surface area contributed by atoms with Gasteiger partial charge >= 0.3 is 0 Å². The van der Waals surface area contributed by atoms with E-state index in [2.05, 4.69) is 18.7 Å². The zero-order chi connectivity index (χ0) is 30.1. The topological polar surface area (TPSA) is 71.6 Å². The molecule has 0 radical (unpaired) electrons. The van der Waals surface area contributed by atoms with Gasteiger partial charge in [0.15, 0.2) is 23.1 Å². The van der Waals surface area contributed by atoms with Crippen LogP contribution in [0.25, 0.3) is 0 Å². The second kappa shape index (κ2) is 15.0. The van der Waals surface area contributed by atoms with Gasteiger partial charge in [0.2, 0.25) is 17.6 Å². The lowest BCUT2D eigenvalue weighted by Crippen LogP contribution is -2.40. The number of hydrogen-bond donors (Lipinski definition) is 0. The summed E-state index contributed by atoms with van der Waals surface area (Å²) in [6.45, 7) is 8.38. The van der Waals surface area contributed by atoms with Gasteiger partial charge in [0.1, 0.15) is 0 Å². The molecule has 0 spiro atoms. The van der Waals surface area contributed by atoms with Crippen molar-refractivity contribution in [2.75, 3.05) is 52.4 Å². The van der Waals surface area contributed by atoms with Gasteiger partial charge in [-0.3, -0.25) is 9.59 Å². The number of fused-ring (bicyclic) bond motifs is 1. The number of rotatable bonds is 8. The molecule has 0 aromatic heterocycles. The van der Waals surface area contributed by atoms with Crippen LogP contribution in [0, 0.1) is 11.6 Å². The van der Waals surface area contributed by atoms with Crippen LogP contribution in [0.1, 0.15) is 57.6 Å². The third-order valence-electron chi connectivity index (χ3n) is 7.55. The molecular formula is C31H43F2N3O5. The molecule has 0 N–H and O–H groups in total. The van der Waals surface area contributed by atoms with Crippen LogP contribution in [0.2, 0.25) is 0 Å². The van der Waals surface area contributed by atoms with Gasteiger partial charge in [-0.1, -0.05) is 13.0 Å². The predicted molar refractivity (Wildman–Crippen MR) is 155 cm³/mol. The summed E-state index contributed by atoms with van der Waals surface area (Å²) in [6.07, 6.45) is 2.18. The van der Waals surface area contributed by atoms with E-state index in [9.17, 15) is 18.4 Å². The second-order valence-electron chi connectivity index (χ2n) is 10.4. The molecule has 2 amide bonds. The van der Waals surface area contributed by atoms with E-state index in [1.54, 1.807) is 25.0 Å². The zero-order valence-electron chi connectivity index (χ0n) is 25.1. The Kier molecular flexibility index (Phi) is 11.8. The van der Waals surface area contributed by atoms with E-state index in [1.165, 1.54) is 19.1 Å². The van der Waals surface area contributed by atoms with E-state index >= 15 is 0 Å². The summed E-state index contributed by atoms with van der Waals surface area (Å²) in [4.78, 5) is 32.2. The minimum absolute atomic E-state index is 0.0591. The molecule has 226 valence electrons. The molecule has 2 aromatic carbocycles. The number of hydrogen-bond acceptors (Lipinski definition) is 6. The van der Waals surface area contributed by atoms with Gasteiger partial charge in [0, 0.05) is 57.7 Å². The summed E-state index contributed by atoms with van der Waals surface area (Å²) in [7, 11) is 4.60. The Labute approximate surface area is 242 Å². The number of anilines is 1. The number of methoxy groups -OCH3 is 3. The van der Waals surface area contributed by atoms with E-state index in [1.807, 2.05) is 6.07 Å². The summed E-state index contributed by atoms with van der Waals surface area (Å²) in [5.41, 5.74) is 1.50. The smallest absolute Gasteiger partial charge is 0.226 e. The van der Waals surface area contributed by atoms with E-state index in [0.29, 0.717) is 54.4 Å². The number of carbonyl (C=O) groups excluding carboxylic acids is 2. The molecule has 1 aliphatic rings. The van der Waals surface area contributed by atoms with Crippen LogP contribution >= 0.6 is 0 Å². The Morgan fingerprint density at radius 1 is 0.878 bits per heavy atom. The molecule has 0 fully saturated rings. The number of benzene rings is 2. The van der Waals surface area contributed by atoms with Gasteiger partial charge in [-0.25, -0.2) is 8.78 Å². The fourth-order valence-electron chi connectivity index (χ4n) is 5.31. The Bertz CT molecular complexity index is 1210. The van der Waals surface area contributed by atoms with Crippen molar-refractivity contribution in [2.24, 2.45) is 0 Å². The number of carbonyl (C=O) groups is 2. The van der Waals surface area contributed by atoms with Gasteiger partial charge in [-0.2, -0.15) is 0 Å². The maximum absolute atomic E-state index is 14.5. The highest BCUT2D eigenvalue weighted by molar-refractivity contribution is 5.94. The van der Waals surface area contributed by atoms with Crippen LogP contribution in [0.5, 0.6) is 17.2 Å². The van der Waals surface area contributed by atoms with E-state index in [-0.39, 0.29) is 37.2 Å². The third kappa shape index (κ3) is 7.87. The highest BCUT2D eigenvalue weighted by atomic mass is 19.2. The Morgan fingerprint density at radius 2 is 1.54 bits per heavy atom. The molecule has 3 rings (SSSR count). The van der Waals surface area contributed by atoms with E-state index < -0.39 is 11.6 Å². The summed E-state index contributed by atoms with van der Waals surface area (Å²) >= 11 is 0. The average Bonchev–Trinajstić information content (AvgIpc) is 2.96. The van der Waals surface area contributed by atoms with Gasteiger partial charge in [0.25, 0.3) is 0 Å². The molecule has 10 heteroatoms. The first-order chi connectivity index (χ1) is 19.6. The quantitative estimate of drug-likeness (QED) is 0.431. The fourth-order valence-corrected chi connectivity index (χ4v) is 5.31. The number of halogens is 2. The first-order valence-electron chi connectivity index (χ1n) is 14.2. The monoisotopic (exact) mass is 575 g/mol. The molecule has 0 atom stereocenters. The van der Waals surface area contributed by atoms with Gasteiger partial charge in [-0.05, 0) is 56.4 Å². The molecule has 0 bridgehead atoms.